The molecular formula is C15H31N. The van der Waals surface area contributed by atoms with Crippen molar-refractivity contribution in [3.8, 4) is 0 Å². The van der Waals surface area contributed by atoms with Crippen LogP contribution in [0.5, 0.6) is 0 Å². The SMILES string of the molecule is CCNC(CC(C)C)C1CCC(C)C(C)C1. The van der Waals surface area contributed by atoms with Crippen LogP contribution in [0.2, 0.25) is 0 Å². The van der Waals surface area contributed by atoms with E-state index < -0.39 is 0 Å². The Morgan fingerprint density at radius 3 is 2.31 bits per heavy atom. The van der Waals surface area contributed by atoms with Crippen molar-refractivity contribution in [3.63, 3.8) is 0 Å². The maximum Gasteiger partial charge on any atom is 0.00977 e. The Kier molecular flexibility index (Phi) is 5.82. The summed E-state index contributed by atoms with van der Waals surface area (Å²) in [7, 11) is 0. The molecule has 1 rings (SSSR count). The summed E-state index contributed by atoms with van der Waals surface area (Å²) in [4.78, 5) is 0. The lowest BCUT2D eigenvalue weighted by Crippen LogP contribution is -2.40. The Hall–Kier alpha value is -0.0400. The molecule has 0 aromatic rings. The standard InChI is InChI=1S/C15H31N/c1-6-16-15(9-11(2)3)14-8-7-12(4)13(5)10-14/h11-16H,6-10H2,1-5H3. The van der Waals surface area contributed by atoms with Crippen LogP contribution in [0.25, 0.3) is 0 Å². The van der Waals surface area contributed by atoms with Crippen molar-refractivity contribution in [2.24, 2.45) is 23.7 Å². The van der Waals surface area contributed by atoms with Crippen LogP contribution >= 0.6 is 0 Å². The molecule has 1 saturated carbocycles. The molecular weight excluding hydrogens is 194 g/mol. The minimum atomic E-state index is 0.764. The van der Waals surface area contributed by atoms with Crippen molar-refractivity contribution in [1.29, 1.82) is 0 Å². The van der Waals surface area contributed by atoms with Gasteiger partial charge in [0.2, 0.25) is 0 Å². The molecule has 1 N–H and O–H groups in total. The molecule has 16 heavy (non-hydrogen) atoms. The van der Waals surface area contributed by atoms with E-state index in [-0.39, 0.29) is 0 Å². The van der Waals surface area contributed by atoms with Crippen LogP contribution in [-0.4, -0.2) is 12.6 Å². The lowest BCUT2D eigenvalue weighted by molar-refractivity contribution is 0.160. The van der Waals surface area contributed by atoms with Crippen molar-refractivity contribution >= 4 is 0 Å². The maximum atomic E-state index is 3.72. The summed E-state index contributed by atoms with van der Waals surface area (Å²) in [5, 5.41) is 3.72. The highest BCUT2D eigenvalue weighted by Crippen LogP contribution is 2.36. The minimum Gasteiger partial charge on any atom is -0.314 e. The molecule has 1 fully saturated rings. The third kappa shape index (κ3) is 4.08. The van der Waals surface area contributed by atoms with Gasteiger partial charge in [-0.25, -0.2) is 0 Å². The second-order valence-electron chi connectivity index (χ2n) is 6.32. The van der Waals surface area contributed by atoms with Gasteiger partial charge in [0, 0.05) is 6.04 Å². The van der Waals surface area contributed by atoms with Crippen LogP contribution < -0.4 is 5.32 Å². The van der Waals surface area contributed by atoms with Crippen molar-refractivity contribution in [2.75, 3.05) is 6.54 Å². The smallest absolute Gasteiger partial charge is 0.00977 e. The first-order chi connectivity index (χ1) is 7.54. The Morgan fingerprint density at radius 2 is 1.81 bits per heavy atom. The van der Waals surface area contributed by atoms with Gasteiger partial charge in [-0.3, -0.25) is 0 Å². The maximum absolute atomic E-state index is 3.72. The lowest BCUT2D eigenvalue weighted by atomic mass is 9.72. The van der Waals surface area contributed by atoms with Crippen LogP contribution in [0.1, 0.15) is 60.3 Å². The first-order valence-corrected chi connectivity index (χ1v) is 7.27. The molecule has 1 heteroatoms. The molecule has 0 aromatic heterocycles. The number of hydrogen-bond acceptors (Lipinski definition) is 1. The fraction of sp³-hybridized carbons (Fsp3) is 1.00. The molecule has 0 spiro atoms. The van der Waals surface area contributed by atoms with Crippen LogP contribution in [0.3, 0.4) is 0 Å². The first-order valence-electron chi connectivity index (χ1n) is 7.27. The highest BCUT2D eigenvalue weighted by Gasteiger charge is 2.29. The van der Waals surface area contributed by atoms with Gasteiger partial charge < -0.3 is 5.32 Å². The van der Waals surface area contributed by atoms with Crippen LogP contribution in [0.15, 0.2) is 0 Å². The zero-order valence-electron chi connectivity index (χ0n) is 11.9. The average Bonchev–Trinajstić information content (AvgIpc) is 2.21. The van der Waals surface area contributed by atoms with Crippen molar-refractivity contribution in [1.82, 2.24) is 5.32 Å². The van der Waals surface area contributed by atoms with E-state index in [2.05, 4.69) is 39.9 Å². The summed E-state index contributed by atoms with van der Waals surface area (Å²) in [6, 6.07) is 0.764. The van der Waals surface area contributed by atoms with Crippen LogP contribution in [-0.2, 0) is 0 Å². The van der Waals surface area contributed by atoms with Crippen molar-refractivity contribution in [3.05, 3.63) is 0 Å². The molecule has 4 unspecified atom stereocenters. The lowest BCUT2D eigenvalue weighted by Gasteiger charge is -2.37. The van der Waals surface area contributed by atoms with Gasteiger partial charge in [0.05, 0.1) is 0 Å². The van der Waals surface area contributed by atoms with E-state index in [0.29, 0.717) is 0 Å². The van der Waals surface area contributed by atoms with Gasteiger partial charge in [0.25, 0.3) is 0 Å². The first kappa shape index (κ1) is 14.0. The molecule has 0 aliphatic heterocycles. The second-order valence-corrected chi connectivity index (χ2v) is 6.32. The van der Waals surface area contributed by atoms with Gasteiger partial charge >= 0.3 is 0 Å². The summed E-state index contributed by atoms with van der Waals surface area (Å²) in [5.41, 5.74) is 0. The fourth-order valence-electron chi connectivity index (χ4n) is 3.17. The van der Waals surface area contributed by atoms with Gasteiger partial charge in [-0.2, -0.15) is 0 Å². The molecule has 0 saturated heterocycles. The average molecular weight is 225 g/mol. The number of nitrogens with one attached hydrogen (secondary N) is 1. The van der Waals surface area contributed by atoms with E-state index in [1.165, 1.54) is 25.7 Å². The predicted octanol–water partition coefficient (Wildman–Crippen LogP) is 4.08. The summed E-state index contributed by atoms with van der Waals surface area (Å²) in [6.07, 6.45) is 5.66. The van der Waals surface area contributed by atoms with E-state index in [4.69, 9.17) is 0 Å². The van der Waals surface area contributed by atoms with E-state index in [1.807, 2.05) is 0 Å². The number of hydrogen-bond donors (Lipinski definition) is 1. The predicted molar refractivity (Wildman–Crippen MR) is 72.6 cm³/mol. The van der Waals surface area contributed by atoms with Gasteiger partial charge in [0.15, 0.2) is 0 Å². The van der Waals surface area contributed by atoms with E-state index in [0.717, 1.165) is 36.3 Å². The van der Waals surface area contributed by atoms with Gasteiger partial charge in [-0.1, -0.05) is 41.0 Å². The Balaban J connectivity index is 2.50. The van der Waals surface area contributed by atoms with Crippen LogP contribution in [0, 0.1) is 23.7 Å². The van der Waals surface area contributed by atoms with E-state index in [9.17, 15) is 0 Å². The van der Waals surface area contributed by atoms with E-state index in [1.54, 1.807) is 0 Å². The van der Waals surface area contributed by atoms with E-state index >= 15 is 0 Å². The molecule has 0 bridgehead atoms. The van der Waals surface area contributed by atoms with Crippen molar-refractivity contribution in [2.45, 2.75) is 66.3 Å². The molecule has 4 atom stereocenters. The van der Waals surface area contributed by atoms with Gasteiger partial charge in [-0.05, 0) is 49.5 Å². The van der Waals surface area contributed by atoms with Crippen LogP contribution in [0.4, 0.5) is 0 Å². The molecule has 1 nitrogen and oxygen atoms in total. The van der Waals surface area contributed by atoms with Gasteiger partial charge in [0.1, 0.15) is 0 Å². The summed E-state index contributed by atoms with van der Waals surface area (Å²) < 4.78 is 0. The Bertz CT molecular complexity index is 188. The highest BCUT2D eigenvalue weighted by molar-refractivity contribution is 4.84. The summed E-state index contributed by atoms with van der Waals surface area (Å²) in [5.74, 6) is 3.61. The second kappa shape index (κ2) is 6.64. The molecule has 96 valence electrons. The number of rotatable bonds is 5. The monoisotopic (exact) mass is 225 g/mol. The summed E-state index contributed by atoms with van der Waals surface area (Å²) in [6.45, 7) is 12.9. The van der Waals surface area contributed by atoms with Gasteiger partial charge in [-0.15, -0.1) is 0 Å². The fourth-order valence-corrected chi connectivity index (χ4v) is 3.17. The highest BCUT2D eigenvalue weighted by atomic mass is 14.9. The molecule has 0 aromatic carbocycles. The van der Waals surface area contributed by atoms with Crippen molar-refractivity contribution < 1.29 is 0 Å². The topological polar surface area (TPSA) is 12.0 Å². The normalized spacial score (nSPS) is 33.0. The Labute approximate surface area is 102 Å². The zero-order chi connectivity index (χ0) is 12.1. The largest absolute Gasteiger partial charge is 0.314 e. The zero-order valence-corrected chi connectivity index (χ0v) is 11.9. The minimum absolute atomic E-state index is 0.764. The molecule has 1 aliphatic rings. The molecule has 0 heterocycles. The molecule has 0 radical (unpaired) electrons. The third-order valence-corrected chi connectivity index (χ3v) is 4.40. The summed E-state index contributed by atoms with van der Waals surface area (Å²) >= 11 is 0. The third-order valence-electron chi connectivity index (χ3n) is 4.40. The quantitative estimate of drug-likeness (QED) is 0.743. The molecule has 0 amide bonds. The molecule has 1 aliphatic carbocycles. The Morgan fingerprint density at radius 1 is 1.12 bits per heavy atom.